The summed E-state index contributed by atoms with van der Waals surface area (Å²) in [5.41, 5.74) is 10.4. The molecule has 0 radical (unpaired) electrons. The molecule has 2 saturated carbocycles. The molecule has 18 heteroatoms. The molecule has 1 aromatic carbocycles. The monoisotopic (exact) mass is 1030 g/mol. The number of piperidine rings is 1. The Bertz CT molecular complexity index is 3010. The van der Waals surface area contributed by atoms with Crippen molar-refractivity contribution in [3.63, 3.8) is 0 Å². The van der Waals surface area contributed by atoms with E-state index in [9.17, 15) is 9.59 Å². The number of methoxy groups -OCH3 is 1. The number of cyclic esters (lactones) is 1. The number of amides is 2. The Morgan fingerprint density at radius 1 is 0.947 bits per heavy atom. The number of pyridine rings is 1. The third kappa shape index (κ3) is 8.84. The minimum Gasteiger partial charge on any atom is -0.464 e. The number of nitrogens with zero attached hydrogens (tertiary/aromatic N) is 10. The average molecular weight is 1040 g/mol. The summed E-state index contributed by atoms with van der Waals surface area (Å²) in [6, 6.07) is 11.4. The summed E-state index contributed by atoms with van der Waals surface area (Å²) < 4.78 is 21.6. The Morgan fingerprint density at radius 2 is 1.76 bits per heavy atom. The number of rotatable bonds is 10. The Kier molecular flexibility index (Phi) is 12.7. The lowest BCUT2D eigenvalue weighted by molar-refractivity contribution is -0.174. The zero-order valence-corrected chi connectivity index (χ0v) is 45.0. The number of ether oxygens (including phenoxy) is 2. The smallest absolute Gasteiger partial charge is 0.324 e. The summed E-state index contributed by atoms with van der Waals surface area (Å²) in [5.74, 6) is -1.13. The molecule has 10 heterocycles. The number of benzene rings is 1. The van der Waals surface area contributed by atoms with Gasteiger partial charge in [-0.15, -0.1) is 0 Å². The van der Waals surface area contributed by atoms with Crippen molar-refractivity contribution in [2.75, 3.05) is 73.1 Å². The quantitative estimate of drug-likeness (QED) is 0.157. The largest absolute Gasteiger partial charge is 0.464 e. The van der Waals surface area contributed by atoms with Crippen LogP contribution in [0.25, 0.3) is 33.4 Å². The van der Waals surface area contributed by atoms with Gasteiger partial charge in [-0.05, 0) is 120 Å². The van der Waals surface area contributed by atoms with Crippen molar-refractivity contribution in [2.45, 2.75) is 133 Å². The first-order valence-electron chi connectivity index (χ1n) is 28.1. The normalized spacial score (nSPS) is 29.1. The summed E-state index contributed by atoms with van der Waals surface area (Å²) in [7, 11) is 3.93. The van der Waals surface area contributed by atoms with Crippen LogP contribution in [-0.4, -0.2) is 170 Å². The fourth-order valence-electron chi connectivity index (χ4n) is 14.1. The van der Waals surface area contributed by atoms with Crippen molar-refractivity contribution < 1.29 is 28.3 Å². The highest BCUT2D eigenvalue weighted by Gasteiger charge is 2.60. The number of likely N-dealkylation sites (tertiary alicyclic amines) is 4. The number of fused-ring (bicyclic) bond motifs is 6. The van der Waals surface area contributed by atoms with Crippen LogP contribution >= 0.6 is 0 Å². The van der Waals surface area contributed by atoms with E-state index < -0.39 is 35.4 Å². The predicted molar refractivity (Wildman–Crippen MR) is 284 cm³/mol. The van der Waals surface area contributed by atoms with Gasteiger partial charge < -0.3 is 28.7 Å². The zero-order valence-electron chi connectivity index (χ0n) is 45.0. The fourth-order valence-corrected chi connectivity index (χ4v) is 14.1. The topological polar surface area (TPSA) is 180 Å². The van der Waals surface area contributed by atoms with Gasteiger partial charge in [0.15, 0.2) is 0 Å². The maximum Gasteiger partial charge on any atom is 0.324 e. The Hall–Kier alpha value is -5.63. The summed E-state index contributed by atoms with van der Waals surface area (Å²) in [5, 5.41) is 5.96. The molecule has 2 N–H and O–H groups in total. The standard InChI is InChI=1S/C58H74N12O6/c1-34-47(43-15-20-59-33-61-43)48(34)53(71)63-50-52(67-30-58(31-67)18-24-68(58)38-16-22-65(5)23-17-38)54-62-45(29-75-54)36-11-14-46-41(25-36)42(26-57(3,4)32-76-56(73)44-10-8-21-69(64-44)55(50)72)51(40-9-7-19-60-49(40)35(2)74-6)70(46)39-27-66(28-39)37-12-13-37/h7,9,11,14-15,19-20,25,29,33-35,37-39,44,47-48,50,52,64H,8,10,12-13,16-18,21-24,26-28,30-32H2,1-6H3,(H,63,71)/t34-,35-,44-,47-,48+,50-,52-/m0/s1. The summed E-state index contributed by atoms with van der Waals surface area (Å²) in [6.45, 7) is 15.4. The molecule has 7 fully saturated rings. The number of hydrogen-bond donors (Lipinski definition) is 2. The Labute approximate surface area is 445 Å². The van der Waals surface area contributed by atoms with E-state index in [4.69, 9.17) is 23.9 Å². The summed E-state index contributed by atoms with van der Waals surface area (Å²) in [4.78, 5) is 73.9. The third-order valence-corrected chi connectivity index (χ3v) is 18.8. The molecule has 2 aliphatic carbocycles. The van der Waals surface area contributed by atoms with Crippen LogP contribution in [0.1, 0.15) is 120 Å². The molecule has 76 heavy (non-hydrogen) atoms. The summed E-state index contributed by atoms with van der Waals surface area (Å²) >= 11 is 0. The Morgan fingerprint density at radius 3 is 2.50 bits per heavy atom. The lowest BCUT2D eigenvalue weighted by Crippen LogP contribution is -2.80. The number of hydrazine groups is 1. The predicted octanol–water partition coefficient (Wildman–Crippen LogP) is 5.93. The molecule has 8 aliphatic rings. The molecule has 18 nitrogen and oxygen atoms in total. The van der Waals surface area contributed by atoms with Crippen LogP contribution in [0, 0.1) is 17.3 Å². The van der Waals surface area contributed by atoms with Crippen LogP contribution in [0.5, 0.6) is 0 Å². The molecule has 4 aromatic heterocycles. The molecule has 7 atom stereocenters. The lowest BCUT2D eigenvalue weighted by atomic mass is 9.74. The first kappa shape index (κ1) is 49.9. The van der Waals surface area contributed by atoms with E-state index in [2.05, 4.69) is 97.0 Å². The van der Waals surface area contributed by atoms with Gasteiger partial charge in [-0.3, -0.25) is 39.1 Å². The summed E-state index contributed by atoms with van der Waals surface area (Å²) in [6.07, 6.45) is 14.0. The molecular formula is C58H74N12O6. The van der Waals surface area contributed by atoms with Crippen molar-refractivity contribution in [1.29, 1.82) is 0 Å². The van der Waals surface area contributed by atoms with E-state index in [-0.39, 0.29) is 47.9 Å². The minimum absolute atomic E-state index is 0.00241. The average Bonchev–Trinajstić information content (AvgIpc) is 4.41. The number of carbonyl (C=O) groups is 3. The van der Waals surface area contributed by atoms with Gasteiger partial charge in [-0.25, -0.2) is 20.4 Å². The van der Waals surface area contributed by atoms with Crippen LogP contribution < -0.4 is 10.7 Å². The van der Waals surface area contributed by atoms with Gasteiger partial charge >= 0.3 is 5.97 Å². The van der Waals surface area contributed by atoms with Gasteiger partial charge in [0.05, 0.1) is 30.1 Å². The second kappa shape index (κ2) is 19.4. The van der Waals surface area contributed by atoms with E-state index in [1.807, 2.05) is 25.3 Å². The number of aromatic nitrogens is 5. The maximum atomic E-state index is 15.6. The SMILES string of the molecule is CO[C@@H](C)c1ncccc1-c1c2c3cc(ccc3n1C1CN(C3CC3)C1)-c1coc(n1)[C@@H](N1CC3(CCN3C3CCN(C)CC3)C1)[C@H](NC(=O)[C@@H]1[C@@H](C)[C@H]1c1ccncn1)C(=O)N1CCC[C@H](N1)C(=O)OCC(C)(C)C2. The second-order valence-electron chi connectivity index (χ2n) is 24.5. The van der Waals surface area contributed by atoms with Gasteiger partial charge in [0, 0.05) is 121 Å². The van der Waals surface area contributed by atoms with Crippen molar-refractivity contribution in [2.24, 2.45) is 17.3 Å². The second-order valence-corrected chi connectivity index (χ2v) is 24.5. The first-order chi connectivity index (χ1) is 36.8. The molecule has 13 rings (SSSR count). The molecule has 1 spiro atoms. The van der Waals surface area contributed by atoms with Crippen LogP contribution in [0.2, 0.25) is 0 Å². The highest BCUT2D eigenvalue weighted by atomic mass is 16.5. The van der Waals surface area contributed by atoms with E-state index in [1.54, 1.807) is 24.6 Å². The van der Waals surface area contributed by atoms with Crippen molar-refractivity contribution in [3.05, 3.63) is 84.2 Å². The third-order valence-electron chi connectivity index (χ3n) is 18.8. The fraction of sp³-hybridized carbons (Fsp3) is 0.603. The molecule has 6 aliphatic heterocycles. The molecule has 2 amide bonds. The minimum atomic E-state index is -1.11. The molecule has 402 valence electrons. The lowest BCUT2D eigenvalue weighted by Gasteiger charge is -2.66. The van der Waals surface area contributed by atoms with E-state index in [0.717, 1.165) is 96.7 Å². The van der Waals surface area contributed by atoms with E-state index >= 15 is 4.79 Å². The number of carbonyl (C=O) groups excluding carboxylic acids is 3. The van der Waals surface area contributed by atoms with E-state index in [1.165, 1.54) is 19.2 Å². The number of oxazole rings is 1. The van der Waals surface area contributed by atoms with Crippen molar-refractivity contribution in [1.82, 2.24) is 59.9 Å². The van der Waals surface area contributed by atoms with Crippen LogP contribution in [0.3, 0.4) is 0 Å². The number of nitrogens with one attached hydrogen (secondary N) is 2. The maximum absolute atomic E-state index is 15.6. The van der Waals surface area contributed by atoms with Crippen LogP contribution in [0.4, 0.5) is 0 Å². The molecule has 5 saturated heterocycles. The van der Waals surface area contributed by atoms with Gasteiger partial charge in [-0.2, -0.15) is 0 Å². The highest BCUT2D eigenvalue weighted by Crippen LogP contribution is 2.54. The zero-order chi connectivity index (χ0) is 52.2. The van der Waals surface area contributed by atoms with Crippen molar-refractivity contribution in [3.8, 4) is 22.5 Å². The Balaban J connectivity index is 0.937. The highest BCUT2D eigenvalue weighted by molar-refractivity contribution is 5.95. The number of hydrogen-bond acceptors (Lipinski definition) is 15. The van der Waals surface area contributed by atoms with Gasteiger partial charge in [-0.1, -0.05) is 26.8 Å². The van der Waals surface area contributed by atoms with E-state index in [0.29, 0.717) is 62.6 Å². The van der Waals surface area contributed by atoms with Crippen molar-refractivity contribution >= 4 is 28.7 Å². The molecule has 0 unspecified atom stereocenters. The first-order valence-corrected chi connectivity index (χ1v) is 28.1. The van der Waals surface area contributed by atoms with Gasteiger partial charge in [0.1, 0.15) is 36.4 Å². The van der Waals surface area contributed by atoms with Crippen LogP contribution in [0.15, 0.2) is 65.8 Å². The number of esters is 1. The van der Waals surface area contributed by atoms with Gasteiger partial charge in [0.2, 0.25) is 11.8 Å². The molecule has 5 aromatic rings. The van der Waals surface area contributed by atoms with Crippen LogP contribution in [-0.2, 0) is 30.3 Å². The van der Waals surface area contributed by atoms with Gasteiger partial charge in [0.25, 0.3) is 5.91 Å². The molecular weight excluding hydrogens is 961 g/mol. The molecule has 6 bridgehead atoms.